The summed E-state index contributed by atoms with van der Waals surface area (Å²) in [6.07, 6.45) is 0. The number of benzene rings is 5. The molecule has 0 amide bonds. The molecular weight excluding hydrogens is 489 g/mol. The highest BCUT2D eigenvalue weighted by molar-refractivity contribution is 6.63. The zero-order valence-electron chi connectivity index (χ0n) is 38.2. The summed E-state index contributed by atoms with van der Waals surface area (Å²) in [5.74, 6) is 0. The first-order valence-electron chi connectivity index (χ1n) is 20.7. The van der Waals surface area contributed by atoms with Gasteiger partial charge in [0.25, 0.3) is 0 Å². The molecule has 1 fully saturated rings. The lowest BCUT2D eigenvalue weighted by atomic mass is 9.77. The van der Waals surface area contributed by atoms with Crippen molar-refractivity contribution in [3.05, 3.63) is 121 Å². The molecule has 1 aliphatic heterocycles. The van der Waals surface area contributed by atoms with E-state index in [2.05, 4.69) is 0 Å². The third kappa shape index (κ3) is 3.99. The van der Waals surface area contributed by atoms with E-state index in [-0.39, 0.29) is 27.5 Å². The van der Waals surface area contributed by atoms with Crippen LogP contribution in [0.15, 0.2) is 121 Å². The second-order valence-electron chi connectivity index (χ2n) is 10.4. The van der Waals surface area contributed by atoms with Crippen molar-refractivity contribution >= 4 is 34.4 Å². The van der Waals surface area contributed by atoms with Crippen LogP contribution in [0, 0.1) is 0 Å². The van der Waals surface area contributed by atoms with Crippen molar-refractivity contribution < 1.29 is 31.2 Å². The zero-order valence-corrected chi connectivity index (χ0v) is 22.2. The van der Waals surface area contributed by atoms with Crippen molar-refractivity contribution in [1.29, 1.82) is 0 Å². The Morgan fingerprint density at radius 1 is 0.600 bits per heavy atom. The molecule has 0 spiro atoms. The molecule has 1 aliphatic rings. The van der Waals surface area contributed by atoms with Crippen LogP contribution in [0.5, 0.6) is 0 Å². The molecule has 0 saturated carbocycles. The van der Waals surface area contributed by atoms with Crippen molar-refractivity contribution in [2.24, 2.45) is 0 Å². The molecule has 1 aromatic heterocycles. The van der Waals surface area contributed by atoms with Crippen molar-refractivity contribution in [2.45, 2.75) is 38.9 Å². The number of para-hydroxylation sites is 1. The lowest BCUT2D eigenvalue weighted by Gasteiger charge is -2.32. The van der Waals surface area contributed by atoms with E-state index in [0.29, 0.717) is 5.46 Å². The predicted molar refractivity (Wildman–Crippen MR) is 167 cm³/mol. The van der Waals surface area contributed by atoms with E-state index < -0.39 is 137 Å². The van der Waals surface area contributed by atoms with Gasteiger partial charge in [-0.2, -0.15) is 0 Å². The highest BCUT2D eigenvalue weighted by atomic mass is 16.7. The van der Waals surface area contributed by atoms with Crippen LogP contribution in [0.25, 0.3) is 49.7 Å². The Morgan fingerprint density at radius 2 is 1.07 bits per heavy atom. The summed E-state index contributed by atoms with van der Waals surface area (Å²) >= 11 is 0. The molecule has 0 aliphatic carbocycles. The van der Waals surface area contributed by atoms with Gasteiger partial charge in [0, 0.05) is 21.9 Å². The molecule has 2 heterocycles. The molecule has 5 aromatic carbocycles. The molecule has 0 N–H and O–H groups in total. The zero-order chi connectivity index (χ0) is 41.4. The second kappa shape index (κ2) is 9.23. The lowest BCUT2D eigenvalue weighted by molar-refractivity contribution is 0.00578. The van der Waals surface area contributed by atoms with Crippen molar-refractivity contribution in [3.63, 3.8) is 0 Å². The number of nitrogens with zero attached hydrogens (tertiary/aromatic N) is 1. The average Bonchev–Trinajstić information content (AvgIpc) is 3.62. The predicted octanol–water partition coefficient (Wildman–Crippen LogP) is 8.42. The van der Waals surface area contributed by atoms with Crippen LogP contribution in [0.2, 0.25) is 0 Å². The molecule has 3 nitrogen and oxygen atoms in total. The topological polar surface area (TPSA) is 23.4 Å². The van der Waals surface area contributed by atoms with Gasteiger partial charge in [0.05, 0.1) is 44.2 Å². The van der Waals surface area contributed by atoms with Gasteiger partial charge >= 0.3 is 7.12 Å². The van der Waals surface area contributed by atoms with Gasteiger partial charge in [-0.05, 0) is 80.2 Å². The fourth-order valence-electron chi connectivity index (χ4n) is 4.71. The van der Waals surface area contributed by atoms with E-state index in [1.165, 1.54) is 4.57 Å². The van der Waals surface area contributed by atoms with E-state index in [0.717, 1.165) is 0 Å². The Labute approximate surface area is 258 Å². The smallest absolute Gasteiger partial charge is 0.399 e. The maximum atomic E-state index is 9.61. The molecule has 0 unspecified atom stereocenters. The molecule has 4 heteroatoms. The summed E-state index contributed by atoms with van der Waals surface area (Å²) in [5, 5.41) is -0.558. The number of fused-ring (bicyclic) bond motifs is 3. The Morgan fingerprint density at radius 3 is 1.57 bits per heavy atom. The van der Waals surface area contributed by atoms with Crippen LogP contribution in [0.3, 0.4) is 0 Å². The number of hydrogen-bond donors (Lipinski definition) is 0. The first-order valence-corrected chi connectivity index (χ1v) is 12.7. The minimum Gasteiger partial charge on any atom is -0.399 e. The van der Waals surface area contributed by atoms with Crippen LogP contribution in [-0.4, -0.2) is 22.9 Å². The summed E-state index contributed by atoms with van der Waals surface area (Å²) in [6.45, 7) is 7.38. The Hall–Kier alpha value is -4.12. The van der Waals surface area contributed by atoms with E-state index in [9.17, 15) is 8.22 Å². The fourth-order valence-corrected chi connectivity index (χ4v) is 4.71. The third-order valence-corrected chi connectivity index (χ3v) is 7.47. The normalized spacial score (nSPS) is 21.8. The van der Waals surface area contributed by atoms with Gasteiger partial charge in [-0.3, -0.25) is 0 Å². The SMILES string of the molecule is [2H]c1c([2H])c([2H])c(-c2c([2H])c([2H])c3c(c2[2H])c2c([2H])c(-c4c([2H])c([2H])c([2H])c([2H])c4[2H])c([2H])c([2H])c2n3-c2ccccc2B2OC(C)(C)C(C)(C)O2)c([2H])c1[2H]. The molecule has 7 rings (SSSR count). The summed E-state index contributed by atoms with van der Waals surface area (Å²) in [4.78, 5) is 0. The first-order chi connectivity index (χ1) is 26.0. The molecule has 196 valence electrons. The maximum Gasteiger partial charge on any atom is 0.496 e. The number of aromatic nitrogens is 1. The Balaban J connectivity index is 1.74. The third-order valence-electron chi connectivity index (χ3n) is 7.47. The van der Waals surface area contributed by atoms with Gasteiger partial charge in [-0.15, -0.1) is 0 Å². The summed E-state index contributed by atoms with van der Waals surface area (Å²) in [5.41, 5.74) is -3.58. The van der Waals surface area contributed by atoms with Gasteiger partial charge < -0.3 is 13.9 Å². The molecule has 0 radical (unpaired) electrons. The van der Waals surface area contributed by atoms with Gasteiger partial charge in [0.15, 0.2) is 0 Å². The van der Waals surface area contributed by atoms with Crippen molar-refractivity contribution in [1.82, 2.24) is 4.57 Å². The number of rotatable bonds is 4. The summed E-state index contributed by atoms with van der Waals surface area (Å²) in [7, 11) is -1.03. The molecular formula is C36H32BNO2. The largest absolute Gasteiger partial charge is 0.496 e. The fraction of sp³-hybridized carbons (Fsp3) is 0.167. The van der Waals surface area contributed by atoms with Crippen molar-refractivity contribution in [2.75, 3.05) is 0 Å². The highest BCUT2D eigenvalue weighted by Gasteiger charge is 2.52. The highest BCUT2D eigenvalue weighted by Crippen LogP contribution is 2.39. The molecule has 1 saturated heterocycles. The lowest BCUT2D eigenvalue weighted by Crippen LogP contribution is -2.41. The van der Waals surface area contributed by atoms with Gasteiger partial charge in [-0.25, -0.2) is 0 Å². The Bertz CT molecular complexity index is 2530. The first kappa shape index (κ1) is 13.0. The quantitative estimate of drug-likeness (QED) is 0.211. The van der Waals surface area contributed by atoms with Gasteiger partial charge in [0.2, 0.25) is 0 Å². The van der Waals surface area contributed by atoms with Crippen LogP contribution in [0.4, 0.5) is 0 Å². The van der Waals surface area contributed by atoms with Gasteiger partial charge in [0.1, 0.15) is 0 Å². The maximum absolute atomic E-state index is 9.61. The van der Waals surface area contributed by atoms with Gasteiger partial charge in [-0.1, -0.05) is 90.7 Å². The average molecular weight is 538 g/mol. The van der Waals surface area contributed by atoms with E-state index >= 15 is 0 Å². The number of hydrogen-bond acceptors (Lipinski definition) is 2. The van der Waals surface area contributed by atoms with E-state index in [1.54, 1.807) is 24.3 Å². The van der Waals surface area contributed by atoms with Crippen LogP contribution < -0.4 is 5.46 Å². The standard InChI is InChI=1S/C36H32BNO2/c1-35(2)36(3,4)40-37(39-35)31-17-11-12-18-34(31)38-32-21-19-27(25-13-7-5-8-14-25)23-29(32)30-24-28(20-22-33(30)38)26-15-9-6-10-16-26/h5-24H,1-4H3/i5D,6D,7D,8D,9D,10D,13D,14D,15D,16D,19D,20D,21D,22D,23D,24D. The molecule has 40 heavy (non-hydrogen) atoms. The molecule has 0 atom stereocenters. The van der Waals surface area contributed by atoms with Crippen LogP contribution in [-0.2, 0) is 9.31 Å². The molecule has 6 aromatic rings. The van der Waals surface area contributed by atoms with Crippen molar-refractivity contribution in [3.8, 4) is 27.9 Å². The Kier molecular flexibility index (Phi) is 3.01. The second-order valence-corrected chi connectivity index (χ2v) is 10.4. The van der Waals surface area contributed by atoms with Crippen LogP contribution >= 0.6 is 0 Å². The minimum atomic E-state index is -1.03. The monoisotopic (exact) mass is 537 g/mol. The summed E-state index contributed by atoms with van der Waals surface area (Å²) < 4.78 is 155. The molecule has 0 bridgehead atoms. The van der Waals surface area contributed by atoms with E-state index in [1.807, 2.05) is 27.7 Å². The minimum absolute atomic E-state index is 0.213. The van der Waals surface area contributed by atoms with E-state index in [4.69, 9.17) is 23.0 Å². The summed E-state index contributed by atoms with van der Waals surface area (Å²) in [6, 6.07) is -4.71. The van der Waals surface area contributed by atoms with Crippen LogP contribution in [0.1, 0.15) is 49.6 Å².